The van der Waals surface area contributed by atoms with Crippen LogP contribution in [0.25, 0.3) is 0 Å². The van der Waals surface area contributed by atoms with E-state index in [0.29, 0.717) is 0 Å². The van der Waals surface area contributed by atoms with Gasteiger partial charge in [-0.2, -0.15) is 0 Å². The van der Waals surface area contributed by atoms with E-state index < -0.39 is 122 Å². The van der Waals surface area contributed by atoms with Gasteiger partial charge in [-0.15, -0.1) is 0 Å². The standard InChI is InChI=1S/C28H52N4O15/c1-27(2,3)46-25(40)31-8-12-16(35)18(37)19(38)24(42-12)45-22-11(32-26(41)47-28(4,5)6)7-10(29)21(20(22)39)44-23-17(36)14(30)15(34)13(9-33)43-23/h10-24,33-39H,7-9,29-30H2,1-6H3,(H,31,40)(H,32,41)/t10-,11?,12?,13?,14+,15-,16+,17?,18?,19-,20?,21+,22+,23-,24+/m1/s1. The number of nitrogens with two attached hydrogens (primary N) is 2. The molecule has 0 radical (unpaired) electrons. The molecular weight excluding hydrogens is 632 g/mol. The van der Waals surface area contributed by atoms with Crippen molar-refractivity contribution < 1.29 is 73.8 Å². The second kappa shape index (κ2) is 15.7. The molecule has 0 aromatic heterocycles. The number of aliphatic hydroxyl groups is 7. The Morgan fingerprint density at radius 1 is 0.723 bits per heavy atom. The van der Waals surface area contributed by atoms with Crippen LogP contribution in [0, 0.1) is 0 Å². The maximum absolute atomic E-state index is 12.8. The first-order chi connectivity index (χ1) is 21.6. The van der Waals surface area contributed by atoms with Crippen molar-refractivity contribution in [3.8, 4) is 0 Å². The summed E-state index contributed by atoms with van der Waals surface area (Å²) in [4.78, 5) is 24.9. The van der Waals surface area contributed by atoms with Gasteiger partial charge in [0.15, 0.2) is 12.6 Å². The van der Waals surface area contributed by atoms with Crippen LogP contribution < -0.4 is 22.1 Å². The van der Waals surface area contributed by atoms with Crippen molar-refractivity contribution in [3.05, 3.63) is 0 Å². The molecule has 3 aliphatic rings. The van der Waals surface area contributed by atoms with Gasteiger partial charge in [-0.3, -0.25) is 0 Å². The van der Waals surface area contributed by atoms with Crippen LogP contribution in [0.5, 0.6) is 0 Å². The van der Waals surface area contributed by atoms with E-state index in [1.54, 1.807) is 41.5 Å². The molecule has 0 spiro atoms. The molecule has 2 saturated heterocycles. The maximum atomic E-state index is 12.8. The number of alkyl carbamates (subject to hydrolysis) is 2. The first-order valence-electron chi connectivity index (χ1n) is 15.4. The number of hydrogen-bond donors (Lipinski definition) is 11. The van der Waals surface area contributed by atoms with Gasteiger partial charge >= 0.3 is 12.2 Å². The molecule has 274 valence electrons. The highest BCUT2D eigenvalue weighted by Crippen LogP contribution is 2.32. The van der Waals surface area contributed by atoms with Gasteiger partial charge in [0.1, 0.15) is 72.2 Å². The number of aliphatic hydroxyl groups excluding tert-OH is 7. The number of hydrogen-bond acceptors (Lipinski definition) is 17. The van der Waals surface area contributed by atoms with Gasteiger partial charge in [0, 0.05) is 12.6 Å². The highest BCUT2D eigenvalue weighted by Gasteiger charge is 2.53. The molecule has 15 atom stereocenters. The van der Waals surface area contributed by atoms with Crippen LogP contribution >= 0.6 is 0 Å². The van der Waals surface area contributed by atoms with Crippen molar-refractivity contribution in [2.24, 2.45) is 11.5 Å². The van der Waals surface area contributed by atoms with E-state index in [-0.39, 0.29) is 13.0 Å². The lowest BCUT2D eigenvalue weighted by Crippen LogP contribution is -2.69. The van der Waals surface area contributed by atoms with Gasteiger partial charge in [-0.05, 0) is 48.0 Å². The summed E-state index contributed by atoms with van der Waals surface area (Å²) in [5, 5.41) is 78.9. The first-order valence-corrected chi connectivity index (χ1v) is 15.4. The smallest absolute Gasteiger partial charge is 0.407 e. The molecule has 3 fully saturated rings. The minimum Gasteiger partial charge on any atom is -0.444 e. The molecule has 0 aromatic rings. The van der Waals surface area contributed by atoms with Crippen molar-refractivity contribution in [1.29, 1.82) is 0 Å². The Morgan fingerprint density at radius 3 is 1.83 bits per heavy atom. The molecule has 19 heteroatoms. The number of carbonyl (C=O) groups excluding carboxylic acids is 2. The fourth-order valence-electron chi connectivity index (χ4n) is 5.43. The summed E-state index contributed by atoms with van der Waals surface area (Å²) in [6.07, 6.45) is -20.8. The highest BCUT2D eigenvalue weighted by molar-refractivity contribution is 5.68. The average molecular weight is 685 g/mol. The Kier molecular flexibility index (Phi) is 13.2. The number of carbonyl (C=O) groups is 2. The number of ether oxygens (including phenoxy) is 6. The van der Waals surface area contributed by atoms with Gasteiger partial charge < -0.3 is 86.3 Å². The molecule has 3 rings (SSSR count). The van der Waals surface area contributed by atoms with Crippen molar-refractivity contribution in [2.75, 3.05) is 13.2 Å². The summed E-state index contributed by atoms with van der Waals surface area (Å²) in [6, 6.07) is -3.45. The predicted octanol–water partition coefficient (Wildman–Crippen LogP) is -4.16. The Bertz CT molecular complexity index is 1040. The third-order valence-corrected chi connectivity index (χ3v) is 7.75. The molecule has 13 N–H and O–H groups in total. The second-order valence-electron chi connectivity index (χ2n) is 14.0. The van der Waals surface area contributed by atoms with Crippen LogP contribution in [0.15, 0.2) is 0 Å². The van der Waals surface area contributed by atoms with Crippen LogP contribution in [0.3, 0.4) is 0 Å². The van der Waals surface area contributed by atoms with E-state index in [4.69, 9.17) is 39.9 Å². The van der Waals surface area contributed by atoms with Crippen LogP contribution in [0.4, 0.5) is 9.59 Å². The summed E-state index contributed by atoms with van der Waals surface area (Å²) in [5.74, 6) is 0. The monoisotopic (exact) mass is 684 g/mol. The van der Waals surface area contributed by atoms with E-state index >= 15 is 0 Å². The molecule has 2 aliphatic heterocycles. The van der Waals surface area contributed by atoms with E-state index in [9.17, 15) is 45.3 Å². The third kappa shape index (κ3) is 10.3. The Balaban J connectivity index is 1.84. The van der Waals surface area contributed by atoms with Crippen LogP contribution in [0.1, 0.15) is 48.0 Å². The lowest BCUT2D eigenvalue weighted by molar-refractivity contribution is -0.333. The van der Waals surface area contributed by atoms with E-state index in [2.05, 4.69) is 10.6 Å². The zero-order valence-electron chi connectivity index (χ0n) is 27.3. The lowest BCUT2D eigenvalue weighted by atomic mass is 9.83. The van der Waals surface area contributed by atoms with E-state index in [1.807, 2.05) is 0 Å². The fraction of sp³-hybridized carbons (Fsp3) is 0.929. The van der Waals surface area contributed by atoms with Crippen LogP contribution in [-0.4, -0.2) is 164 Å². The summed E-state index contributed by atoms with van der Waals surface area (Å²) in [5.41, 5.74) is 10.5. The van der Waals surface area contributed by atoms with Crippen molar-refractivity contribution in [3.63, 3.8) is 0 Å². The molecule has 1 aliphatic carbocycles. The van der Waals surface area contributed by atoms with Crippen molar-refractivity contribution >= 4 is 12.2 Å². The molecular formula is C28H52N4O15. The van der Waals surface area contributed by atoms with Crippen molar-refractivity contribution in [1.82, 2.24) is 10.6 Å². The van der Waals surface area contributed by atoms with E-state index in [1.165, 1.54) is 0 Å². The minimum absolute atomic E-state index is 0.135. The average Bonchev–Trinajstić information content (AvgIpc) is 2.94. The summed E-state index contributed by atoms with van der Waals surface area (Å²) >= 11 is 0. The van der Waals surface area contributed by atoms with Gasteiger partial charge in [0.05, 0.1) is 18.7 Å². The number of amides is 2. The first kappa shape index (κ1) is 39.5. The van der Waals surface area contributed by atoms with Gasteiger partial charge in [0.2, 0.25) is 0 Å². The maximum Gasteiger partial charge on any atom is 0.407 e. The Morgan fingerprint density at radius 2 is 1.26 bits per heavy atom. The zero-order valence-corrected chi connectivity index (χ0v) is 27.3. The number of rotatable bonds is 8. The molecule has 0 bridgehead atoms. The van der Waals surface area contributed by atoms with Gasteiger partial charge in [-0.25, -0.2) is 9.59 Å². The molecule has 0 aromatic carbocycles. The molecule has 19 nitrogen and oxygen atoms in total. The molecule has 2 amide bonds. The largest absolute Gasteiger partial charge is 0.444 e. The van der Waals surface area contributed by atoms with Gasteiger partial charge in [-0.1, -0.05) is 0 Å². The molecule has 6 unspecified atom stereocenters. The molecule has 2 heterocycles. The number of nitrogens with one attached hydrogen (secondary N) is 2. The van der Waals surface area contributed by atoms with Gasteiger partial charge in [0.25, 0.3) is 0 Å². The van der Waals surface area contributed by atoms with Crippen LogP contribution in [0.2, 0.25) is 0 Å². The molecule has 47 heavy (non-hydrogen) atoms. The highest BCUT2D eigenvalue weighted by atomic mass is 16.7. The van der Waals surface area contributed by atoms with Crippen molar-refractivity contribution in [2.45, 2.75) is 151 Å². The summed E-state index contributed by atoms with van der Waals surface area (Å²) < 4.78 is 33.5. The summed E-state index contributed by atoms with van der Waals surface area (Å²) in [7, 11) is 0. The zero-order chi connectivity index (χ0) is 35.6. The topological polar surface area (TPSA) is 307 Å². The summed E-state index contributed by atoms with van der Waals surface area (Å²) in [6.45, 7) is 8.79. The predicted molar refractivity (Wildman–Crippen MR) is 158 cm³/mol. The minimum atomic E-state index is -1.87. The lowest BCUT2D eigenvalue weighted by Gasteiger charge is -2.48. The normalized spacial score (nSPS) is 41.6. The SMILES string of the molecule is CC(C)(C)OC(=O)NCC1O[C@@H](O[C@H]2C(NC(=O)OC(C)(C)C)C[C@@H](N)[C@H](O[C@H]3OC(CO)[C@@H](O)[C@H](N)C3O)C2O)[C@H](O)C(O)[C@H]1O. The Hall–Kier alpha value is -1.98. The molecule has 1 saturated carbocycles. The Labute approximate surface area is 272 Å². The quantitative estimate of drug-likeness (QED) is 0.116. The third-order valence-electron chi connectivity index (χ3n) is 7.75. The van der Waals surface area contributed by atoms with Crippen LogP contribution in [-0.2, 0) is 28.4 Å². The fourth-order valence-corrected chi connectivity index (χ4v) is 5.43. The second-order valence-corrected chi connectivity index (χ2v) is 14.0. The van der Waals surface area contributed by atoms with E-state index in [0.717, 1.165) is 0 Å².